The predicted molar refractivity (Wildman–Crippen MR) is 64.5 cm³/mol. The Morgan fingerprint density at radius 1 is 1.61 bits per heavy atom. The van der Waals surface area contributed by atoms with Crippen molar-refractivity contribution in [2.75, 3.05) is 0 Å². The van der Waals surface area contributed by atoms with Crippen LogP contribution < -0.4 is 10.6 Å². The van der Waals surface area contributed by atoms with Gasteiger partial charge in [0.1, 0.15) is 6.04 Å². The third-order valence-electron chi connectivity index (χ3n) is 2.83. The van der Waals surface area contributed by atoms with Crippen LogP contribution in [0.2, 0.25) is 0 Å². The molecule has 0 fully saturated rings. The molecule has 0 spiro atoms. The molecule has 2 amide bonds. The van der Waals surface area contributed by atoms with Crippen molar-refractivity contribution in [1.29, 1.82) is 5.26 Å². The molecule has 0 radical (unpaired) electrons. The summed E-state index contributed by atoms with van der Waals surface area (Å²) in [4.78, 5) is 22.3. The van der Waals surface area contributed by atoms with Crippen LogP contribution in [0.3, 0.4) is 0 Å². The lowest BCUT2D eigenvalue weighted by atomic mass is 10.0. The van der Waals surface area contributed by atoms with Crippen LogP contribution in [0.1, 0.15) is 28.4 Å². The lowest BCUT2D eigenvalue weighted by molar-refractivity contribution is -0.119. The van der Waals surface area contributed by atoms with E-state index < -0.39 is 6.04 Å². The number of nitrogens with zero attached hydrogens (tertiary/aromatic N) is 1. The summed E-state index contributed by atoms with van der Waals surface area (Å²) in [5.74, 6) is -0.283. The summed E-state index contributed by atoms with van der Waals surface area (Å²) in [6.07, 6.45) is 0.442. The van der Waals surface area contributed by atoms with Crippen molar-refractivity contribution >= 4 is 11.8 Å². The van der Waals surface area contributed by atoms with Crippen LogP contribution in [0.5, 0.6) is 0 Å². The molecule has 1 atom stereocenters. The van der Waals surface area contributed by atoms with Crippen LogP contribution in [-0.4, -0.2) is 17.9 Å². The van der Waals surface area contributed by atoms with Gasteiger partial charge in [-0.05, 0) is 17.2 Å². The standard InChI is InChI=1S/C13H13N3O2/c1-8(17)16-11(6-14)5-9-2-3-12-10(4-9)7-15-13(12)18/h2-4,11H,5,7H2,1H3,(H,15,18)(H,16,17). The van der Waals surface area contributed by atoms with E-state index in [4.69, 9.17) is 5.26 Å². The van der Waals surface area contributed by atoms with Gasteiger partial charge in [0.05, 0.1) is 6.07 Å². The molecule has 5 nitrogen and oxygen atoms in total. The van der Waals surface area contributed by atoms with Gasteiger partial charge in [0.25, 0.3) is 5.91 Å². The second-order valence-electron chi connectivity index (χ2n) is 4.26. The maximum Gasteiger partial charge on any atom is 0.251 e. The summed E-state index contributed by atoms with van der Waals surface area (Å²) in [5.41, 5.74) is 2.56. The molecule has 1 aliphatic rings. The number of carbonyl (C=O) groups excluding carboxylic acids is 2. The topological polar surface area (TPSA) is 82.0 Å². The molecular formula is C13H13N3O2. The second-order valence-corrected chi connectivity index (χ2v) is 4.26. The highest BCUT2D eigenvalue weighted by Crippen LogP contribution is 2.18. The molecule has 0 aromatic heterocycles. The molecule has 1 aliphatic heterocycles. The van der Waals surface area contributed by atoms with Crippen molar-refractivity contribution in [3.8, 4) is 6.07 Å². The molecule has 92 valence electrons. The van der Waals surface area contributed by atoms with Gasteiger partial charge in [0, 0.05) is 25.5 Å². The lowest BCUT2D eigenvalue weighted by Gasteiger charge is -2.10. The lowest BCUT2D eigenvalue weighted by Crippen LogP contribution is -2.33. The van der Waals surface area contributed by atoms with Gasteiger partial charge in [0.2, 0.25) is 5.91 Å². The van der Waals surface area contributed by atoms with E-state index in [1.54, 1.807) is 6.07 Å². The fourth-order valence-corrected chi connectivity index (χ4v) is 2.02. The minimum Gasteiger partial charge on any atom is -0.348 e. The molecule has 5 heteroatoms. The normalized spacial score (nSPS) is 14.3. The first kappa shape index (κ1) is 12.1. The number of carbonyl (C=O) groups is 2. The van der Waals surface area contributed by atoms with Crippen molar-refractivity contribution in [2.45, 2.75) is 25.9 Å². The van der Waals surface area contributed by atoms with E-state index in [1.807, 2.05) is 18.2 Å². The predicted octanol–water partition coefficient (Wildman–Crippen LogP) is 0.501. The van der Waals surface area contributed by atoms with E-state index >= 15 is 0 Å². The molecule has 18 heavy (non-hydrogen) atoms. The van der Waals surface area contributed by atoms with Crippen molar-refractivity contribution in [2.24, 2.45) is 0 Å². The number of nitrogens with one attached hydrogen (secondary N) is 2. The molecule has 0 saturated carbocycles. The van der Waals surface area contributed by atoms with Crippen LogP contribution in [-0.2, 0) is 17.8 Å². The first-order chi connectivity index (χ1) is 8.60. The van der Waals surface area contributed by atoms with Gasteiger partial charge in [-0.15, -0.1) is 0 Å². The Morgan fingerprint density at radius 2 is 2.39 bits per heavy atom. The zero-order chi connectivity index (χ0) is 13.1. The number of rotatable bonds is 3. The summed E-state index contributed by atoms with van der Waals surface area (Å²) in [6, 6.07) is 6.98. The Hall–Kier alpha value is -2.35. The van der Waals surface area contributed by atoms with Gasteiger partial charge in [-0.3, -0.25) is 9.59 Å². The third kappa shape index (κ3) is 2.48. The number of nitriles is 1. The van der Waals surface area contributed by atoms with Crippen LogP contribution in [0.15, 0.2) is 18.2 Å². The fourth-order valence-electron chi connectivity index (χ4n) is 2.02. The third-order valence-corrected chi connectivity index (χ3v) is 2.83. The zero-order valence-corrected chi connectivity index (χ0v) is 9.99. The highest BCUT2D eigenvalue weighted by atomic mass is 16.2. The average Bonchev–Trinajstić information content (AvgIpc) is 2.69. The highest BCUT2D eigenvalue weighted by molar-refractivity contribution is 5.98. The van der Waals surface area contributed by atoms with Gasteiger partial charge < -0.3 is 10.6 Å². The summed E-state index contributed by atoms with van der Waals surface area (Å²) < 4.78 is 0. The quantitative estimate of drug-likeness (QED) is 0.811. The summed E-state index contributed by atoms with van der Waals surface area (Å²) >= 11 is 0. The SMILES string of the molecule is CC(=O)NC(C#N)Cc1ccc2c(c1)CNC2=O. The van der Waals surface area contributed by atoms with Gasteiger partial charge >= 0.3 is 0 Å². The molecule has 1 aromatic carbocycles. The number of hydrogen-bond donors (Lipinski definition) is 2. The summed E-state index contributed by atoms with van der Waals surface area (Å²) in [6.45, 7) is 1.91. The van der Waals surface area contributed by atoms with Gasteiger partial charge in [0.15, 0.2) is 0 Å². The number of hydrogen-bond acceptors (Lipinski definition) is 3. The van der Waals surface area contributed by atoms with Crippen molar-refractivity contribution in [3.05, 3.63) is 34.9 Å². The number of fused-ring (bicyclic) bond motifs is 1. The molecular weight excluding hydrogens is 230 g/mol. The van der Waals surface area contributed by atoms with E-state index in [1.165, 1.54) is 6.92 Å². The average molecular weight is 243 g/mol. The van der Waals surface area contributed by atoms with E-state index in [2.05, 4.69) is 10.6 Å². The molecule has 1 heterocycles. The maximum absolute atomic E-state index is 11.4. The second kappa shape index (κ2) is 4.88. The van der Waals surface area contributed by atoms with Gasteiger partial charge in [-0.1, -0.05) is 12.1 Å². The van der Waals surface area contributed by atoms with Crippen molar-refractivity contribution in [1.82, 2.24) is 10.6 Å². The first-order valence-corrected chi connectivity index (χ1v) is 5.67. The van der Waals surface area contributed by atoms with E-state index in [9.17, 15) is 9.59 Å². The Bertz CT molecular complexity index is 546. The molecule has 0 bridgehead atoms. The zero-order valence-electron chi connectivity index (χ0n) is 9.99. The monoisotopic (exact) mass is 243 g/mol. The van der Waals surface area contributed by atoms with Crippen LogP contribution in [0, 0.1) is 11.3 Å². The summed E-state index contributed by atoms with van der Waals surface area (Å²) in [7, 11) is 0. The van der Waals surface area contributed by atoms with Crippen molar-refractivity contribution < 1.29 is 9.59 Å². The van der Waals surface area contributed by atoms with E-state index in [0.29, 0.717) is 18.5 Å². The number of benzene rings is 1. The van der Waals surface area contributed by atoms with Crippen LogP contribution in [0.4, 0.5) is 0 Å². The molecule has 2 rings (SSSR count). The fraction of sp³-hybridized carbons (Fsp3) is 0.308. The summed E-state index contributed by atoms with van der Waals surface area (Å²) in [5, 5.41) is 14.3. The molecule has 0 aliphatic carbocycles. The Kier molecular flexibility index (Phi) is 3.28. The Morgan fingerprint density at radius 3 is 3.06 bits per heavy atom. The van der Waals surface area contributed by atoms with Crippen LogP contribution >= 0.6 is 0 Å². The molecule has 2 N–H and O–H groups in total. The minimum atomic E-state index is -0.536. The van der Waals surface area contributed by atoms with Gasteiger partial charge in [-0.2, -0.15) is 5.26 Å². The van der Waals surface area contributed by atoms with E-state index in [0.717, 1.165) is 11.1 Å². The number of amides is 2. The Labute approximate surface area is 105 Å². The van der Waals surface area contributed by atoms with Crippen molar-refractivity contribution in [3.63, 3.8) is 0 Å². The minimum absolute atomic E-state index is 0.0600. The largest absolute Gasteiger partial charge is 0.348 e. The smallest absolute Gasteiger partial charge is 0.251 e. The molecule has 1 aromatic rings. The maximum atomic E-state index is 11.4. The first-order valence-electron chi connectivity index (χ1n) is 5.67. The highest BCUT2D eigenvalue weighted by Gasteiger charge is 2.19. The van der Waals surface area contributed by atoms with Gasteiger partial charge in [-0.25, -0.2) is 0 Å². The van der Waals surface area contributed by atoms with Crippen LogP contribution in [0.25, 0.3) is 0 Å². The Balaban J connectivity index is 2.13. The molecule has 0 saturated heterocycles. The van der Waals surface area contributed by atoms with E-state index in [-0.39, 0.29) is 11.8 Å². The molecule has 1 unspecified atom stereocenters.